The van der Waals surface area contributed by atoms with Crippen molar-refractivity contribution >= 4 is 29.2 Å². The summed E-state index contributed by atoms with van der Waals surface area (Å²) in [5, 5.41) is 15.0. The van der Waals surface area contributed by atoms with Gasteiger partial charge in [-0.2, -0.15) is 10.2 Å². The highest BCUT2D eigenvalue weighted by molar-refractivity contribution is 6.32. The number of halogens is 1. The molecule has 0 amide bonds. The largest absolute Gasteiger partial charge is 0.352 e. The normalized spacial score (nSPS) is 20.0. The number of benzene rings is 1. The zero-order valence-electron chi connectivity index (χ0n) is 20.9. The molecule has 1 aromatic carbocycles. The Hall–Kier alpha value is -3.79. The van der Waals surface area contributed by atoms with Crippen LogP contribution in [0.15, 0.2) is 48.7 Å². The molecular formula is C26H29ClN10. The molecule has 2 aliphatic rings. The zero-order valence-corrected chi connectivity index (χ0v) is 21.7. The van der Waals surface area contributed by atoms with Gasteiger partial charge in [-0.3, -0.25) is 0 Å². The maximum Gasteiger partial charge on any atom is 0.228 e. The van der Waals surface area contributed by atoms with Gasteiger partial charge in [-0.1, -0.05) is 35.9 Å². The summed E-state index contributed by atoms with van der Waals surface area (Å²) in [6, 6.07) is 14.6. The fourth-order valence-electron chi connectivity index (χ4n) is 5.25. The Morgan fingerprint density at radius 3 is 2.49 bits per heavy atom. The van der Waals surface area contributed by atoms with Crippen LogP contribution in [0, 0.1) is 0 Å². The number of nitrogens with one attached hydrogen (secondary N) is 1. The van der Waals surface area contributed by atoms with Crippen LogP contribution in [-0.4, -0.2) is 73.8 Å². The molecule has 0 radical (unpaired) electrons. The van der Waals surface area contributed by atoms with Gasteiger partial charge in [0.15, 0.2) is 0 Å². The van der Waals surface area contributed by atoms with E-state index in [4.69, 9.17) is 21.6 Å². The van der Waals surface area contributed by atoms with Gasteiger partial charge in [0.2, 0.25) is 11.8 Å². The Labute approximate surface area is 220 Å². The molecule has 2 saturated heterocycles. The topological polar surface area (TPSA) is 103 Å². The maximum atomic E-state index is 6.44. The van der Waals surface area contributed by atoms with Crippen LogP contribution in [0.5, 0.6) is 0 Å². The van der Waals surface area contributed by atoms with E-state index in [9.17, 15) is 0 Å². The molecule has 0 aliphatic carbocycles. The monoisotopic (exact) mass is 516 g/mol. The number of tetrazole rings is 1. The van der Waals surface area contributed by atoms with E-state index >= 15 is 0 Å². The van der Waals surface area contributed by atoms with Crippen LogP contribution in [0.2, 0.25) is 5.02 Å². The van der Waals surface area contributed by atoms with Crippen molar-refractivity contribution in [1.82, 2.24) is 35.6 Å². The second kappa shape index (κ2) is 9.93. The van der Waals surface area contributed by atoms with E-state index < -0.39 is 0 Å². The highest BCUT2D eigenvalue weighted by Crippen LogP contribution is 2.32. The van der Waals surface area contributed by atoms with Crippen molar-refractivity contribution in [2.24, 2.45) is 0 Å². The van der Waals surface area contributed by atoms with Gasteiger partial charge in [-0.25, -0.2) is 9.97 Å². The Bertz CT molecular complexity index is 1360. The molecule has 2 fully saturated rings. The smallest absolute Gasteiger partial charge is 0.228 e. The molecule has 6 rings (SSSR count). The van der Waals surface area contributed by atoms with E-state index in [-0.39, 0.29) is 6.04 Å². The number of aromatic nitrogens is 7. The number of aromatic amines is 1. The van der Waals surface area contributed by atoms with E-state index in [1.807, 2.05) is 24.3 Å². The summed E-state index contributed by atoms with van der Waals surface area (Å²) in [5.74, 6) is 3.15. The van der Waals surface area contributed by atoms with Crippen LogP contribution in [0.25, 0.3) is 22.6 Å². The van der Waals surface area contributed by atoms with Gasteiger partial charge in [0, 0.05) is 61.7 Å². The first-order valence-corrected chi connectivity index (χ1v) is 13.1. The summed E-state index contributed by atoms with van der Waals surface area (Å²) >= 11 is 6.44. The van der Waals surface area contributed by atoms with Gasteiger partial charge < -0.3 is 14.7 Å². The van der Waals surface area contributed by atoms with Crippen molar-refractivity contribution in [1.29, 1.82) is 0 Å². The summed E-state index contributed by atoms with van der Waals surface area (Å²) in [5.41, 5.74) is 2.83. The average molecular weight is 517 g/mol. The SMILES string of the molecule is CC1CN(c2ncccc2Cl)CCN1c1cc(-c2ccc(-c3nn[nH]n3)cc2)nc(N2CCCC2C)n1. The van der Waals surface area contributed by atoms with Crippen LogP contribution in [0.4, 0.5) is 17.6 Å². The van der Waals surface area contributed by atoms with Crippen LogP contribution >= 0.6 is 11.6 Å². The second-order valence-electron chi connectivity index (χ2n) is 9.71. The van der Waals surface area contributed by atoms with E-state index in [0.29, 0.717) is 16.9 Å². The number of pyridine rings is 1. The summed E-state index contributed by atoms with van der Waals surface area (Å²) in [6.45, 7) is 7.89. The number of hydrogen-bond acceptors (Lipinski definition) is 9. The number of H-pyrrole nitrogens is 1. The highest BCUT2D eigenvalue weighted by Gasteiger charge is 2.29. The van der Waals surface area contributed by atoms with Gasteiger partial charge in [-0.05, 0) is 44.0 Å². The Kier molecular flexibility index (Phi) is 6.33. The second-order valence-corrected chi connectivity index (χ2v) is 10.1. The highest BCUT2D eigenvalue weighted by atomic mass is 35.5. The average Bonchev–Trinajstić information content (AvgIpc) is 3.61. The lowest BCUT2D eigenvalue weighted by Gasteiger charge is -2.41. The predicted octanol–water partition coefficient (Wildman–Crippen LogP) is 4.08. The number of hydrogen-bond donors (Lipinski definition) is 1. The molecule has 0 spiro atoms. The fraction of sp³-hybridized carbons (Fsp3) is 0.385. The van der Waals surface area contributed by atoms with Crippen molar-refractivity contribution in [3.05, 3.63) is 53.7 Å². The van der Waals surface area contributed by atoms with Crippen LogP contribution < -0.4 is 14.7 Å². The van der Waals surface area contributed by atoms with Gasteiger partial charge >= 0.3 is 0 Å². The molecule has 1 N–H and O–H groups in total. The molecule has 5 heterocycles. The Morgan fingerprint density at radius 1 is 0.946 bits per heavy atom. The fourth-order valence-corrected chi connectivity index (χ4v) is 5.49. The number of anilines is 3. The Balaban J connectivity index is 1.32. The summed E-state index contributed by atoms with van der Waals surface area (Å²) in [4.78, 5) is 21.6. The molecule has 3 aromatic heterocycles. The third-order valence-corrected chi connectivity index (χ3v) is 7.55. The van der Waals surface area contributed by atoms with E-state index in [0.717, 1.165) is 73.4 Å². The van der Waals surface area contributed by atoms with Gasteiger partial charge in [0.1, 0.15) is 11.6 Å². The first-order chi connectivity index (χ1) is 18.1. The van der Waals surface area contributed by atoms with E-state index in [2.05, 4.69) is 72.4 Å². The molecule has 0 saturated carbocycles. The number of rotatable bonds is 5. The summed E-state index contributed by atoms with van der Waals surface area (Å²) in [7, 11) is 0. The summed E-state index contributed by atoms with van der Waals surface area (Å²) < 4.78 is 0. The summed E-state index contributed by atoms with van der Waals surface area (Å²) in [6.07, 6.45) is 4.11. The lowest BCUT2D eigenvalue weighted by molar-refractivity contribution is 0.542. The molecule has 190 valence electrons. The number of nitrogens with zero attached hydrogens (tertiary/aromatic N) is 9. The quantitative estimate of drug-likeness (QED) is 0.420. The Morgan fingerprint density at radius 2 is 1.78 bits per heavy atom. The molecule has 37 heavy (non-hydrogen) atoms. The van der Waals surface area contributed by atoms with Crippen LogP contribution in [-0.2, 0) is 0 Å². The zero-order chi connectivity index (χ0) is 25.4. The minimum atomic E-state index is 0.221. The van der Waals surface area contributed by atoms with Gasteiger partial charge in [0.05, 0.1) is 10.7 Å². The van der Waals surface area contributed by atoms with Crippen LogP contribution in [0.1, 0.15) is 26.7 Å². The minimum absolute atomic E-state index is 0.221. The molecule has 2 aliphatic heterocycles. The van der Waals surface area contributed by atoms with Gasteiger partial charge in [0.25, 0.3) is 0 Å². The molecule has 0 bridgehead atoms. The predicted molar refractivity (Wildman–Crippen MR) is 145 cm³/mol. The minimum Gasteiger partial charge on any atom is -0.352 e. The van der Waals surface area contributed by atoms with Crippen molar-refractivity contribution in [3.8, 4) is 22.6 Å². The molecule has 2 atom stereocenters. The first-order valence-electron chi connectivity index (χ1n) is 12.7. The lowest BCUT2D eigenvalue weighted by atomic mass is 10.1. The van der Waals surface area contributed by atoms with Crippen molar-refractivity contribution in [2.75, 3.05) is 40.9 Å². The van der Waals surface area contributed by atoms with Crippen LogP contribution in [0.3, 0.4) is 0 Å². The van der Waals surface area contributed by atoms with E-state index in [1.54, 1.807) is 6.20 Å². The van der Waals surface area contributed by atoms with Crippen molar-refractivity contribution in [3.63, 3.8) is 0 Å². The lowest BCUT2D eigenvalue weighted by Crippen LogP contribution is -2.52. The standard InChI is InChI=1S/C26H29ClN10/c1-17-5-4-12-37(17)26-29-22(19-7-9-20(10-8-19)24-31-33-34-32-24)15-23(30-26)36-14-13-35(16-18(36)2)25-21(27)6-3-11-28-25/h3,6-11,15,17-18H,4-5,12-14,16H2,1-2H3,(H,31,32,33,34). The maximum absolute atomic E-state index is 6.44. The third kappa shape index (κ3) is 4.69. The molecular weight excluding hydrogens is 488 g/mol. The molecule has 11 heteroatoms. The number of piperazine rings is 1. The van der Waals surface area contributed by atoms with Crippen molar-refractivity contribution < 1.29 is 0 Å². The molecule has 4 aromatic rings. The first kappa shape index (κ1) is 23.6. The van der Waals surface area contributed by atoms with Crippen molar-refractivity contribution in [2.45, 2.75) is 38.8 Å². The molecule has 2 unspecified atom stereocenters. The third-order valence-electron chi connectivity index (χ3n) is 7.26. The van der Waals surface area contributed by atoms with E-state index in [1.165, 1.54) is 0 Å². The van der Waals surface area contributed by atoms with Gasteiger partial charge in [-0.15, -0.1) is 10.2 Å². The molecule has 10 nitrogen and oxygen atoms in total.